The van der Waals surface area contributed by atoms with Gasteiger partial charge in [-0.05, 0) is 24.5 Å². The van der Waals surface area contributed by atoms with Gasteiger partial charge in [-0.15, -0.1) is 0 Å². The Labute approximate surface area is 100 Å². The molecule has 90 valence electrons. The average molecular weight is 233 g/mol. The molecule has 0 fully saturated rings. The van der Waals surface area contributed by atoms with Gasteiger partial charge in [0, 0.05) is 18.3 Å². The fourth-order valence-electron chi connectivity index (χ4n) is 1.39. The molecule has 5 heteroatoms. The van der Waals surface area contributed by atoms with Crippen LogP contribution in [0.2, 0.25) is 0 Å². The van der Waals surface area contributed by atoms with Crippen LogP contribution in [0.1, 0.15) is 25.8 Å². The topological polar surface area (TPSA) is 79.0 Å². The van der Waals surface area contributed by atoms with Crippen molar-refractivity contribution in [2.75, 3.05) is 11.9 Å². The van der Waals surface area contributed by atoms with Crippen molar-refractivity contribution in [1.82, 2.24) is 0 Å². The standard InChI is InChI=1S/C12H15N3O2/c1-9(2)5-6-14-11-4-3-10(8-13)12(7-11)15(16)17/h3-4,7,9,14H,5-6H2,1-2H3. The first-order chi connectivity index (χ1) is 8.04. The molecular weight excluding hydrogens is 218 g/mol. The van der Waals surface area contributed by atoms with E-state index >= 15 is 0 Å². The Bertz CT molecular complexity index is 450. The molecule has 0 radical (unpaired) electrons. The van der Waals surface area contributed by atoms with Crippen molar-refractivity contribution in [3.63, 3.8) is 0 Å². The normalized spacial score (nSPS) is 10.0. The maximum Gasteiger partial charge on any atom is 0.289 e. The minimum absolute atomic E-state index is 0.0874. The molecule has 1 aromatic carbocycles. The molecular formula is C12H15N3O2. The molecule has 0 saturated carbocycles. The van der Waals surface area contributed by atoms with Crippen molar-refractivity contribution in [3.05, 3.63) is 33.9 Å². The molecule has 0 aliphatic rings. The lowest BCUT2D eigenvalue weighted by molar-refractivity contribution is -0.385. The summed E-state index contributed by atoms with van der Waals surface area (Å²) in [5, 5.41) is 22.6. The maximum absolute atomic E-state index is 10.7. The molecule has 0 aromatic heterocycles. The summed E-state index contributed by atoms with van der Waals surface area (Å²) in [6, 6.07) is 6.37. The summed E-state index contributed by atoms with van der Waals surface area (Å²) in [5.74, 6) is 0.580. The first kappa shape index (κ1) is 13.0. The predicted octanol–water partition coefficient (Wildman–Crippen LogP) is 2.92. The van der Waals surface area contributed by atoms with Crippen molar-refractivity contribution >= 4 is 11.4 Å². The van der Waals surface area contributed by atoms with Crippen molar-refractivity contribution in [2.24, 2.45) is 5.92 Å². The monoisotopic (exact) mass is 233 g/mol. The third-order valence-corrected chi connectivity index (χ3v) is 2.37. The second kappa shape index (κ2) is 5.85. The zero-order valence-corrected chi connectivity index (χ0v) is 9.93. The van der Waals surface area contributed by atoms with E-state index in [0.29, 0.717) is 11.6 Å². The molecule has 0 bridgehead atoms. The van der Waals surface area contributed by atoms with E-state index < -0.39 is 4.92 Å². The Morgan fingerprint density at radius 2 is 2.24 bits per heavy atom. The van der Waals surface area contributed by atoms with Gasteiger partial charge in [-0.25, -0.2) is 0 Å². The fraction of sp³-hybridized carbons (Fsp3) is 0.417. The van der Waals surface area contributed by atoms with Gasteiger partial charge in [0.05, 0.1) is 4.92 Å². The van der Waals surface area contributed by atoms with Crippen LogP contribution in [0.25, 0.3) is 0 Å². The SMILES string of the molecule is CC(C)CCNc1ccc(C#N)c([N+](=O)[O-])c1. The number of rotatable bonds is 5. The number of nitro groups is 1. The molecule has 1 rings (SSSR count). The number of nitro benzene ring substituents is 1. The summed E-state index contributed by atoms with van der Waals surface area (Å²) in [7, 11) is 0. The fourth-order valence-corrected chi connectivity index (χ4v) is 1.39. The third kappa shape index (κ3) is 3.76. The van der Waals surface area contributed by atoms with E-state index in [-0.39, 0.29) is 11.3 Å². The molecule has 0 saturated heterocycles. The molecule has 5 nitrogen and oxygen atoms in total. The first-order valence-electron chi connectivity index (χ1n) is 5.47. The molecule has 0 aliphatic carbocycles. The average Bonchev–Trinajstić information content (AvgIpc) is 2.28. The molecule has 0 amide bonds. The van der Waals surface area contributed by atoms with Gasteiger partial charge in [0.25, 0.3) is 5.69 Å². The lowest BCUT2D eigenvalue weighted by atomic mass is 10.1. The lowest BCUT2D eigenvalue weighted by Crippen LogP contribution is -2.05. The number of hydrogen-bond donors (Lipinski definition) is 1. The largest absolute Gasteiger partial charge is 0.385 e. The smallest absolute Gasteiger partial charge is 0.289 e. The van der Waals surface area contributed by atoms with E-state index in [2.05, 4.69) is 19.2 Å². The van der Waals surface area contributed by atoms with Crippen LogP contribution in [-0.2, 0) is 0 Å². The van der Waals surface area contributed by atoms with E-state index in [1.807, 2.05) is 6.07 Å². The van der Waals surface area contributed by atoms with Gasteiger partial charge >= 0.3 is 0 Å². The van der Waals surface area contributed by atoms with Crippen molar-refractivity contribution < 1.29 is 4.92 Å². The molecule has 1 N–H and O–H groups in total. The molecule has 1 aromatic rings. The Hall–Kier alpha value is -2.09. The zero-order chi connectivity index (χ0) is 12.8. The highest BCUT2D eigenvalue weighted by Crippen LogP contribution is 2.22. The number of benzene rings is 1. The highest BCUT2D eigenvalue weighted by molar-refractivity contribution is 5.59. The molecule has 0 aliphatic heterocycles. The number of nitrogens with zero attached hydrogens (tertiary/aromatic N) is 2. The van der Waals surface area contributed by atoms with E-state index in [4.69, 9.17) is 5.26 Å². The van der Waals surface area contributed by atoms with Crippen molar-refractivity contribution in [1.29, 1.82) is 5.26 Å². The highest BCUT2D eigenvalue weighted by Gasteiger charge is 2.13. The lowest BCUT2D eigenvalue weighted by Gasteiger charge is -2.08. The van der Waals surface area contributed by atoms with Gasteiger partial charge in [0.1, 0.15) is 11.6 Å². The minimum atomic E-state index is -0.536. The summed E-state index contributed by atoms with van der Waals surface area (Å²) in [4.78, 5) is 10.2. The van der Waals surface area contributed by atoms with Gasteiger partial charge in [-0.2, -0.15) is 5.26 Å². The van der Waals surface area contributed by atoms with E-state index in [9.17, 15) is 10.1 Å². The van der Waals surface area contributed by atoms with Crippen molar-refractivity contribution in [3.8, 4) is 6.07 Å². The highest BCUT2D eigenvalue weighted by atomic mass is 16.6. The van der Waals surface area contributed by atoms with Gasteiger partial charge in [-0.3, -0.25) is 10.1 Å². The molecule has 0 unspecified atom stereocenters. The molecule has 17 heavy (non-hydrogen) atoms. The number of nitriles is 1. The van der Waals surface area contributed by atoms with Gasteiger partial charge in [0.2, 0.25) is 0 Å². The summed E-state index contributed by atoms with van der Waals surface area (Å²) in [6.45, 7) is 4.99. The summed E-state index contributed by atoms with van der Waals surface area (Å²) >= 11 is 0. The van der Waals surface area contributed by atoms with E-state index in [1.54, 1.807) is 6.07 Å². The second-order valence-electron chi connectivity index (χ2n) is 4.21. The van der Waals surface area contributed by atoms with Gasteiger partial charge in [-0.1, -0.05) is 13.8 Å². The van der Waals surface area contributed by atoms with Crippen LogP contribution in [0.4, 0.5) is 11.4 Å². The van der Waals surface area contributed by atoms with Crippen LogP contribution in [-0.4, -0.2) is 11.5 Å². The van der Waals surface area contributed by atoms with Crippen LogP contribution >= 0.6 is 0 Å². The van der Waals surface area contributed by atoms with E-state index in [0.717, 1.165) is 13.0 Å². The quantitative estimate of drug-likeness (QED) is 0.626. The van der Waals surface area contributed by atoms with Crippen LogP contribution in [0.15, 0.2) is 18.2 Å². The summed E-state index contributed by atoms with van der Waals surface area (Å²) < 4.78 is 0. The Kier molecular flexibility index (Phi) is 4.46. The number of nitrogens with one attached hydrogen (secondary N) is 1. The Morgan fingerprint density at radius 3 is 2.76 bits per heavy atom. The first-order valence-corrected chi connectivity index (χ1v) is 5.47. The van der Waals surface area contributed by atoms with Crippen LogP contribution < -0.4 is 5.32 Å². The minimum Gasteiger partial charge on any atom is -0.385 e. The molecule has 0 heterocycles. The van der Waals surface area contributed by atoms with Gasteiger partial charge < -0.3 is 5.32 Å². The molecule has 0 spiro atoms. The van der Waals surface area contributed by atoms with Gasteiger partial charge in [0.15, 0.2) is 0 Å². The van der Waals surface area contributed by atoms with Crippen molar-refractivity contribution in [2.45, 2.75) is 20.3 Å². The second-order valence-corrected chi connectivity index (χ2v) is 4.21. The van der Waals surface area contributed by atoms with E-state index in [1.165, 1.54) is 12.1 Å². The molecule has 0 atom stereocenters. The predicted molar refractivity (Wildman–Crippen MR) is 65.8 cm³/mol. The Morgan fingerprint density at radius 1 is 1.53 bits per heavy atom. The van der Waals surface area contributed by atoms with Crippen LogP contribution in [0, 0.1) is 27.4 Å². The summed E-state index contributed by atoms with van der Waals surface area (Å²) in [5.41, 5.74) is 0.614. The van der Waals surface area contributed by atoms with Crippen LogP contribution in [0.3, 0.4) is 0 Å². The van der Waals surface area contributed by atoms with Crippen LogP contribution in [0.5, 0.6) is 0 Å². The number of hydrogen-bond acceptors (Lipinski definition) is 4. The zero-order valence-electron chi connectivity index (χ0n) is 9.93. The summed E-state index contributed by atoms with van der Waals surface area (Å²) in [6.07, 6.45) is 0.994. The number of anilines is 1. The Balaban J connectivity index is 2.79. The maximum atomic E-state index is 10.7. The third-order valence-electron chi connectivity index (χ3n) is 2.37.